The number of nitrogens with zero attached hydrogens (tertiary/aromatic N) is 2. The summed E-state index contributed by atoms with van der Waals surface area (Å²) < 4.78 is 21.0. The minimum absolute atomic E-state index is 0.257. The van der Waals surface area contributed by atoms with Gasteiger partial charge in [-0.3, -0.25) is 0 Å². The molecule has 0 amide bonds. The zero-order valence-corrected chi connectivity index (χ0v) is 13.2. The van der Waals surface area contributed by atoms with E-state index in [-0.39, 0.29) is 5.82 Å². The first-order valence-corrected chi connectivity index (χ1v) is 8.08. The number of hydrogen-bond acceptors (Lipinski definition) is 2. The van der Waals surface area contributed by atoms with Gasteiger partial charge in [-0.2, -0.15) is 0 Å². The standard InChI is InChI=1S/C16H22ClFN2O/c1-2-3-10-21-11-4-9-20-15-6-5-13(18)12-14(15)19-16(20)7-8-17/h5-6,12H,2-4,7-11H2,1H3. The van der Waals surface area contributed by atoms with Crippen LogP contribution >= 0.6 is 11.6 Å². The molecule has 0 radical (unpaired) electrons. The van der Waals surface area contributed by atoms with Crippen molar-refractivity contribution in [3.05, 3.63) is 29.8 Å². The lowest BCUT2D eigenvalue weighted by Gasteiger charge is -2.09. The van der Waals surface area contributed by atoms with Gasteiger partial charge in [-0.25, -0.2) is 9.37 Å². The van der Waals surface area contributed by atoms with Crippen molar-refractivity contribution < 1.29 is 9.13 Å². The van der Waals surface area contributed by atoms with Gasteiger partial charge in [0.05, 0.1) is 11.0 Å². The van der Waals surface area contributed by atoms with Crippen LogP contribution in [0.5, 0.6) is 0 Å². The summed E-state index contributed by atoms with van der Waals surface area (Å²) in [7, 11) is 0. The maximum absolute atomic E-state index is 13.3. The molecule has 0 aliphatic rings. The van der Waals surface area contributed by atoms with Crippen LogP contribution in [-0.2, 0) is 17.7 Å². The van der Waals surface area contributed by atoms with Crippen molar-refractivity contribution in [3.8, 4) is 0 Å². The Morgan fingerprint density at radius 2 is 2.10 bits per heavy atom. The van der Waals surface area contributed by atoms with Crippen LogP contribution in [0.15, 0.2) is 18.2 Å². The molecule has 0 aliphatic heterocycles. The number of fused-ring (bicyclic) bond motifs is 1. The minimum Gasteiger partial charge on any atom is -0.381 e. The smallest absolute Gasteiger partial charge is 0.125 e. The second-order valence-electron chi connectivity index (χ2n) is 5.07. The fourth-order valence-corrected chi connectivity index (χ4v) is 2.52. The van der Waals surface area contributed by atoms with Gasteiger partial charge in [0.25, 0.3) is 0 Å². The number of aryl methyl sites for hydroxylation is 2. The van der Waals surface area contributed by atoms with Gasteiger partial charge >= 0.3 is 0 Å². The number of hydrogen-bond donors (Lipinski definition) is 0. The Morgan fingerprint density at radius 3 is 2.86 bits per heavy atom. The molecule has 2 aromatic rings. The minimum atomic E-state index is -0.257. The van der Waals surface area contributed by atoms with Crippen LogP contribution in [0.1, 0.15) is 32.0 Å². The predicted octanol–water partition coefficient (Wildman–Crippen LogP) is 4.16. The largest absolute Gasteiger partial charge is 0.381 e. The van der Waals surface area contributed by atoms with Crippen LogP contribution in [0, 0.1) is 5.82 Å². The van der Waals surface area contributed by atoms with E-state index in [4.69, 9.17) is 16.3 Å². The Labute approximate surface area is 130 Å². The van der Waals surface area contributed by atoms with Gasteiger partial charge in [-0.15, -0.1) is 11.6 Å². The summed E-state index contributed by atoms with van der Waals surface area (Å²) >= 11 is 5.83. The zero-order valence-electron chi connectivity index (χ0n) is 12.4. The van der Waals surface area contributed by atoms with E-state index < -0.39 is 0 Å². The molecule has 0 fully saturated rings. The molecule has 3 nitrogen and oxygen atoms in total. The molecule has 0 spiro atoms. The van der Waals surface area contributed by atoms with E-state index in [1.165, 1.54) is 12.1 Å². The number of unbranched alkanes of at least 4 members (excludes halogenated alkanes) is 1. The second-order valence-corrected chi connectivity index (χ2v) is 5.45. The molecule has 1 aromatic carbocycles. The summed E-state index contributed by atoms with van der Waals surface area (Å²) in [5.41, 5.74) is 1.66. The van der Waals surface area contributed by atoms with Crippen molar-refractivity contribution in [1.29, 1.82) is 0 Å². The molecule has 0 bridgehead atoms. The number of alkyl halides is 1. The predicted molar refractivity (Wildman–Crippen MR) is 84.5 cm³/mol. The van der Waals surface area contributed by atoms with Gasteiger partial charge < -0.3 is 9.30 Å². The maximum atomic E-state index is 13.3. The third-order valence-electron chi connectivity index (χ3n) is 3.42. The zero-order chi connectivity index (χ0) is 15.1. The molecular weight excluding hydrogens is 291 g/mol. The number of halogens is 2. The monoisotopic (exact) mass is 312 g/mol. The maximum Gasteiger partial charge on any atom is 0.125 e. The lowest BCUT2D eigenvalue weighted by Crippen LogP contribution is -2.07. The van der Waals surface area contributed by atoms with Gasteiger partial charge in [0.1, 0.15) is 11.6 Å². The van der Waals surface area contributed by atoms with Crippen molar-refractivity contribution in [2.75, 3.05) is 19.1 Å². The molecule has 0 saturated carbocycles. The van der Waals surface area contributed by atoms with Crippen molar-refractivity contribution in [1.82, 2.24) is 9.55 Å². The lowest BCUT2D eigenvalue weighted by atomic mass is 10.3. The Hall–Kier alpha value is -1.13. The highest BCUT2D eigenvalue weighted by molar-refractivity contribution is 6.17. The summed E-state index contributed by atoms with van der Waals surface area (Å²) in [5.74, 6) is 1.17. The van der Waals surface area contributed by atoms with Crippen molar-refractivity contribution in [2.24, 2.45) is 0 Å². The normalized spacial score (nSPS) is 11.4. The molecule has 0 aliphatic carbocycles. The summed E-state index contributed by atoms with van der Waals surface area (Å²) in [6.07, 6.45) is 3.86. The highest BCUT2D eigenvalue weighted by Gasteiger charge is 2.10. The Morgan fingerprint density at radius 1 is 1.29 bits per heavy atom. The lowest BCUT2D eigenvalue weighted by molar-refractivity contribution is 0.126. The van der Waals surface area contributed by atoms with Crippen LogP contribution in [-0.4, -0.2) is 28.6 Å². The number of rotatable bonds is 9. The van der Waals surface area contributed by atoms with Crippen molar-refractivity contribution in [3.63, 3.8) is 0 Å². The number of aromatic nitrogens is 2. The summed E-state index contributed by atoms with van der Waals surface area (Å²) in [5, 5.41) is 0. The molecule has 116 valence electrons. The third-order valence-corrected chi connectivity index (χ3v) is 3.61. The molecule has 0 unspecified atom stereocenters. The molecule has 1 heterocycles. The average molecular weight is 313 g/mol. The van der Waals surface area contributed by atoms with E-state index in [0.717, 1.165) is 50.4 Å². The van der Waals surface area contributed by atoms with Crippen LogP contribution in [0.3, 0.4) is 0 Å². The van der Waals surface area contributed by atoms with Gasteiger partial charge in [-0.1, -0.05) is 13.3 Å². The van der Waals surface area contributed by atoms with E-state index in [1.54, 1.807) is 6.07 Å². The van der Waals surface area contributed by atoms with Crippen molar-refractivity contribution >= 4 is 22.6 Å². The highest BCUT2D eigenvalue weighted by atomic mass is 35.5. The molecule has 21 heavy (non-hydrogen) atoms. The molecule has 5 heteroatoms. The first-order chi connectivity index (χ1) is 10.3. The number of imidazole rings is 1. The van der Waals surface area contributed by atoms with Crippen LogP contribution < -0.4 is 0 Å². The first kappa shape index (κ1) is 16.2. The van der Waals surface area contributed by atoms with Crippen LogP contribution in [0.2, 0.25) is 0 Å². The molecular formula is C16H22ClFN2O. The summed E-state index contributed by atoms with van der Waals surface area (Å²) in [6.45, 7) is 4.53. The van der Waals surface area contributed by atoms with E-state index in [2.05, 4.69) is 16.5 Å². The fourth-order valence-electron chi connectivity index (χ4n) is 2.35. The Balaban J connectivity index is 2.04. The summed E-state index contributed by atoms with van der Waals surface area (Å²) in [6, 6.07) is 4.73. The second kappa shape index (κ2) is 8.35. The Bertz CT molecular complexity index is 571. The van der Waals surface area contributed by atoms with E-state index >= 15 is 0 Å². The SMILES string of the molecule is CCCCOCCCn1c(CCCl)nc2cc(F)ccc21. The van der Waals surface area contributed by atoms with Gasteiger partial charge in [0.15, 0.2) is 0 Å². The van der Waals surface area contributed by atoms with Crippen LogP contribution in [0.25, 0.3) is 11.0 Å². The Kier molecular flexibility index (Phi) is 6.46. The topological polar surface area (TPSA) is 27.1 Å². The third kappa shape index (κ3) is 4.42. The average Bonchev–Trinajstić information content (AvgIpc) is 2.80. The van der Waals surface area contributed by atoms with E-state index in [0.29, 0.717) is 17.8 Å². The van der Waals surface area contributed by atoms with Crippen LogP contribution in [0.4, 0.5) is 4.39 Å². The van der Waals surface area contributed by atoms with E-state index in [9.17, 15) is 4.39 Å². The van der Waals surface area contributed by atoms with Gasteiger partial charge in [0, 0.05) is 38.1 Å². The van der Waals surface area contributed by atoms with Crippen molar-refractivity contribution in [2.45, 2.75) is 39.2 Å². The number of ether oxygens (including phenoxy) is 1. The quantitative estimate of drug-likeness (QED) is 0.513. The molecule has 0 saturated heterocycles. The molecule has 2 rings (SSSR count). The van der Waals surface area contributed by atoms with Gasteiger partial charge in [0.2, 0.25) is 0 Å². The first-order valence-electron chi connectivity index (χ1n) is 7.54. The highest BCUT2D eigenvalue weighted by Crippen LogP contribution is 2.19. The molecule has 1 aromatic heterocycles. The molecule has 0 atom stereocenters. The molecule has 0 N–H and O–H groups in total. The fraction of sp³-hybridized carbons (Fsp3) is 0.562. The van der Waals surface area contributed by atoms with Gasteiger partial charge in [-0.05, 0) is 25.0 Å². The number of benzene rings is 1. The van der Waals surface area contributed by atoms with E-state index in [1.807, 2.05) is 0 Å². The summed E-state index contributed by atoms with van der Waals surface area (Å²) in [4.78, 5) is 4.49.